The largest absolute Gasteiger partial charge is 0.463 e. The average molecular weight is 370 g/mol. The molecule has 0 aliphatic carbocycles. The van der Waals surface area contributed by atoms with Crippen molar-refractivity contribution in [3.63, 3.8) is 0 Å². The van der Waals surface area contributed by atoms with Crippen LogP contribution < -0.4 is 5.32 Å². The van der Waals surface area contributed by atoms with Crippen LogP contribution in [0, 0.1) is 10.1 Å². The van der Waals surface area contributed by atoms with E-state index in [9.17, 15) is 28.1 Å². The minimum atomic E-state index is -4.73. The molecule has 26 heavy (non-hydrogen) atoms. The van der Waals surface area contributed by atoms with Crippen molar-refractivity contribution in [2.45, 2.75) is 32.9 Å². The van der Waals surface area contributed by atoms with Crippen LogP contribution in [0.5, 0.6) is 0 Å². The van der Waals surface area contributed by atoms with Gasteiger partial charge in [-0.3, -0.25) is 10.1 Å². The molecule has 6 nitrogen and oxygen atoms in total. The molecule has 1 heterocycles. The number of carbonyl (C=O) groups is 1. The van der Waals surface area contributed by atoms with E-state index in [1.807, 2.05) is 0 Å². The highest BCUT2D eigenvalue weighted by molar-refractivity contribution is 5.92. The molecule has 1 atom stereocenters. The van der Waals surface area contributed by atoms with Gasteiger partial charge in [0, 0.05) is 5.70 Å². The monoisotopic (exact) mass is 370 g/mol. The highest BCUT2D eigenvalue weighted by Crippen LogP contribution is 2.44. The van der Waals surface area contributed by atoms with Crippen molar-refractivity contribution < 1.29 is 27.6 Å². The normalized spacial score (nSPS) is 17.8. The first-order valence-electron chi connectivity index (χ1n) is 7.75. The Labute approximate surface area is 147 Å². The van der Waals surface area contributed by atoms with E-state index in [1.165, 1.54) is 32.9 Å². The average Bonchev–Trinajstić information content (AvgIpc) is 2.53. The molecular formula is C17H17F3N2O4. The second kappa shape index (κ2) is 7.19. The number of hydrogen-bond donors (Lipinski definition) is 1. The molecule has 2 rings (SSSR count). The van der Waals surface area contributed by atoms with Gasteiger partial charge in [-0.15, -0.1) is 0 Å². The summed E-state index contributed by atoms with van der Waals surface area (Å²) in [7, 11) is 0. The van der Waals surface area contributed by atoms with Gasteiger partial charge in [0.2, 0.25) is 0 Å². The topological polar surface area (TPSA) is 81.5 Å². The fraction of sp³-hybridized carbons (Fsp3) is 0.353. The summed E-state index contributed by atoms with van der Waals surface area (Å²) in [5.74, 6) is -2.39. The summed E-state index contributed by atoms with van der Waals surface area (Å²) in [6.07, 6.45) is -4.73. The van der Waals surface area contributed by atoms with Crippen LogP contribution in [0.3, 0.4) is 0 Å². The number of dihydropyridines is 1. The molecule has 1 unspecified atom stereocenters. The SMILES string of the molecule is CCOC(=O)C1=C(C)NC(C)=C([N+](=O)[O-])C1c1ccccc1C(F)(F)F. The Morgan fingerprint density at radius 1 is 1.27 bits per heavy atom. The molecule has 9 heteroatoms. The minimum absolute atomic E-state index is 0.0141. The number of hydrogen-bond acceptors (Lipinski definition) is 5. The zero-order valence-electron chi connectivity index (χ0n) is 14.3. The molecule has 0 saturated heterocycles. The van der Waals surface area contributed by atoms with Gasteiger partial charge in [-0.1, -0.05) is 18.2 Å². The van der Waals surface area contributed by atoms with Crippen LogP contribution >= 0.6 is 0 Å². The van der Waals surface area contributed by atoms with Gasteiger partial charge in [0.1, 0.15) is 5.92 Å². The molecule has 1 N–H and O–H groups in total. The lowest BCUT2D eigenvalue weighted by molar-refractivity contribution is -0.431. The third-order valence-corrected chi connectivity index (χ3v) is 3.99. The molecule has 1 aliphatic heterocycles. The molecular weight excluding hydrogens is 353 g/mol. The Morgan fingerprint density at radius 2 is 1.88 bits per heavy atom. The van der Waals surface area contributed by atoms with E-state index in [0.29, 0.717) is 0 Å². The number of nitro groups is 1. The molecule has 1 aromatic carbocycles. The first-order valence-corrected chi connectivity index (χ1v) is 7.75. The number of alkyl halides is 3. The molecule has 0 bridgehead atoms. The third-order valence-electron chi connectivity index (χ3n) is 3.99. The first kappa shape index (κ1) is 19.5. The summed E-state index contributed by atoms with van der Waals surface area (Å²) in [4.78, 5) is 23.2. The Bertz CT molecular complexity index is 812. The maximum atomic E-state index is 13.5. The lowest BCUT2D eigenvalue weighted by Gasteiger charge is -2.28. The van der Waals surface area contributed by atoms with Gasteiger partial charge in [0.25, 0.3) is 5.70 Å². The number of ether oxygens (including phenoxy) is 1. The van der Waals surface area contributed by atoms with E-state index in [0.717, 1.165) is 12.1 Å². The molecule has 1 aliphatic rings. The number of benzene rings is 1. The molecule has 140 valence electrons. The summed E-state index contributed by atoms with van der Waals surface area (Å²) < 4.78 is 45.3. The fourth-order valence-electron chi connectivity index (χ4n) is 3.01. The Kier molecular flexibility index (Phi) is 5.38. The van der Waals surface area contributed by atoms with Gasteiger partial charge < -0.3 is 10.1 Å². The van der Waals surface area contributed by atoms with Gasteiger partial charge in [-0.2, -0.15) is 13.2 Å². The smallest absolute Gasteiger partial charge is 0.416 e. The van der Waals surface area contributed by atoms with Crippen molar-refractivity contribution in [1.29, 1.82) is 0 Å². The molecule has 0 saturated carbocycles. The van der Waals surface area contributed by atoms with Gasteiger partial charge in [0.15, 0.2) is 0 Å². The fourth-order valence-corrected chi connectivity index (χ4v) is 3.01. The lowest BCUT2D eigenvalue weighted by atomic mass is 9.81. The second-order valence-corrected chi connectivity index (χ2v) is 5.67. The van der Waals surface area contributed by atoms with E-state index >= 15 is 0 Å². The highest BCUT2D eigenvalue weighted by atomic mass is 19.4. The van der Waals surface area contributed by atoms with Gasteiger partial charge in [-0.25, -0.2) is 4.79 Å². The van der Waals surface area contributed by atoms with E-state index in [4.69, 9.17) is 4.74 Å². The van der Waals surface area contributed by atoms with Crippen molar-refractivity contribution in [1.82, 2.24) is 5.32 Å². The number of nitrogens with one attached hydrogen (secondary N) is 1. The summed E-state index contributed by atoms with van der Waals surface area (Å²) in [5.41, 5.74) is -1.84. The second-order valence-electron chi connectivity index (χ2n) is 5.67. The van der Waals surface area contributed by atoms with Crippen LogP contribution in [-0.4, -0.2) is 17.5 Å². The summed E-state index contributed by atoms with van der Waals surface area (Å²) in [6.45, 7) is 4.38. The lowest BCUT2D eigenvalue weighted by Crippen LogP contribution is -2.32. The van der Waals surface area contributed by atoms with E-state index in [2.05, 4.69) is 5.32 Å². The van der Waals surface area contributed by atoms with Crippen molar-refractivity contribution in [3.8, 4) is 0 Å². The zero-order valence-corrected chi connectivity index (χ0v) is 14.3. The number of rotatable bonds is 4. The maximum absolute atomic E-state index is 13.5. The summed E-state index contributed by atoms with van der Waals surface area (Å²) in [6, 6.07) is 4.51. The van der Waals surface area contributed by atoms with Crippen LogP contribution in [-0.2, 0) is 15.7 Å². The zero-order chi connectivity index (χ0) is 19.6. The van der Waals surface area contributed by atoms with Gasteiger partial charge >= 0.3 is 12.1 Å². The van der Waals surface area contributed by atoms with E-state index in [-0.39, 0.29) is 29.1 Å². The van der Waals surface area contributed by atoms with Crippen molar-refractivity contribution in [3.05, 3.63) is 68.2 Å². The Hall–Kier alpha value is -2.84. The quantitative estimate of drug-likeness (QED) is 0.496. The van der Waals surface area contributed by atoms with Crippen LogP contribution in [0.1, 0.15) is 37.8 Å². The highest BCUT2D eigenvalue weighted by Gasteiger charge is 2.45. The Morgan fingerprint density at radius 3 is 2.42 bits per heavy atom. The number of allylic oxidation sites excluding steroid dienone is 3. The molecule has 0 fully saturated rings. The number of halogens is 3. The first-order chi connectivity index (χ1) is 12.1. The molecule has 0 spiro atoms. The predicted molar refractivity (Wildman–Crippen MR) is 86.3 cm³/mol. The molecule has 1 aromatic rings. The maximum Gasteiger partial charge on any atom is 0.416 e. The summed E-state index contributed by atoms with van der Waals surface area (Å²) in [5, 5.41) is 14.3. The predicted octanol–water partition coefficient (Wildman–Crippen LogP) is 3.74. The molecule has 0 aromatic heterocycles. The number of esters is 1. The van der Waals surface area contributed by atoms with Crippen LogP contribution in [0.2, 0.25) is 0 Å². The molecule has 0 amide bonds. The van der Waals surface area contributed by atoms with Crippen LogP contribution in [0.15, 0.2) is 46.9 Å². The van der Waals surface area contributed by atoms with Crippen molar-refractivity contribution >= 4 is 5.97 Å². The standard InChI is InChI=1S/C17H17F3N2O4/c1-4-26-16(23)13-9(2)21-10(3)15(22(24)25)14(13)11-7-5-6-8-12(11)17(18,19)20/h5-8,14,21H,4H2,1-3H3. The van der Waals surface area contributed by atoms with Crippen molar-refractivity contribution in [2.24, 2.45) is 0 Å². The van der Waals surface area contributed by atoms with Crippen molar-refractivity contribution in [2.75, 3.05) is 6.61 Å². The summed E-state index contributed by atoms with van der Waals surface area (Å²) >= 11 is 0. The van der Waals surface area contributed by atoms with Gasteiger partial charge in [0.05, 0.1) is 28.4 Å². The third kappa shape index (κ3) is 3.56. The molecule has 0 radical (unpaired) electrons. The van der Waals surface area contributed by atoms with E-state index in [1.54, 1.807) is 0 Å². The van der Waals surface area contributed by atoms with E-state index < -0.39 is 34.2 Å². The van der Waals surface area contributed by atoms with Crippen LogP contribution in [0.4, 0.5) is 13.2 Å². The minimum Gasteiger partial charge on any atom is -0.463 e. The van der Waals surface area contributed by atoms with Crippen LogP contribution in [0.25, 0.3) is 0 Å². The number of carbonyl (C=O) groups excluding carboxylic acids is 1. The Balaban J connectivity index is 2.79. The number of nitrogens with zero attached hydrogens (tertiary/aromatic N) is 1. The van der Waals surface area contributed by atoms with Gasteiger partial charge in [-0.05, 0) is 32.4 Å².